The van der Waals surface area contributed by atoms with Crippen molar-refractivity contribution in [2.75, 3.05) is 23.8 Å². The zero-order chi connectivity index (χ0) is 19.5. The van der Waals surface area contributed by atoms with E-state index in [0.717, 1.165) is 22.2 Å². The van der Waals surface area contributed by atoms with E-state index in [4.69, 9.17) is 0 Å². The Morgan fingerprint density at radius 2 is 2.18 bits per heavy atom. The second-order valence-corrected chi connectivity index (χ2v) is 7.27. The molecule has 0 saturated carbocycles. The van der Waals surface area contributed by atoms with E-state index in [1.807, 2.05) is 51.9 Å². The predicted octanol–water partition coefficient (Wildman–Crippen LogP) is 1.99. The summed E-state index contributed by atoms with van der Waals surface area (Å²) in [5, 5.41) is 22.4. The Morgan fingerprint density at radius 3 is 2.86 bits per heavy atom. The first kappa shape index (κ1) is 18.3. The number of aromatic nitrogens is 2. The maximum atomic E-state index is 11.2. The highest BCUT2D eigenvalue weighted by Crippen LogP contribution is 2.30. The molecule has 9 nitrogen and oxygen atoms in total. The molecule has 0 aliphatic carbocycles. The number of H-pyrrole nitrogens is 1. The Morgan fingerprint density at radius 1 is 1.36 bits per heavy atom. The molecule has 2 aliphatic heterocycles. The van der Waals surface area contributed by atoms with Crippen molar-refractivity contribution >= 4 is 35.2 Å². The molecule has 1 radical (unpaired) electrons. The van der Waals surface area contributed by atoms with Crippen molar-refractivity contribution in [1.82, 2.24) is 19.4 Å². The van der Waals surface area contributed by atoms with Crippen LogP contribution in [0, 0.1) is 0 Å². The minimum Gasteiger partial charge on any atom is -0.390 e. The minimum atomic E-state index is -0.118. The molecule has 1 aromatic carbocycles. The molecule has 143 valence electrons. The van der Waals surface area contributed by atoms with Crippen LogP contribution in [0.3, 0.4) is 0 Å². The summed E-state index contributed by atoms with van der Waals surface area (Å²) in [7, 11) is 0. The van der Waals surface area contributed by atoms with Crippen LogP contribution in [0.4, 0.5) is 11.5 Å². The topological polar surface area (TPSA) is 112 Å². The van der Waals surface area contributed by atoms with Gasteiger partial charge in [0.2, 0.25) is 5.91 Å². The molecule has 0 spiro atoms. The van der Waals surface area contributed by atoms with E-state index in [9.17, 15) is 9.90 Å². The van der Waals surface area contributed by atoms with Crippen molar-refractivity contribution in [3.63, 3.8) is 0 Å². The van der Waals surface area contributed by atoms with Crippen molar-refractivity contribution in [2.24, 2.45) is 4.99 Å². The molecule has 1 aromatic heterocycles. The maximum Gasteiger partial charge on any atom is 0.285 e. The summed E-state index contributed by atoms with van der Waals surface area (Å²) in [5.74, 6) is 2.18. The van der Waals surface area contributed by atoms with E-state index in [1.54, 1.807) is 18.1 Å². The summed E-state index contributed by atoms with van der Waals surface area (Å²) in [6.45, 7) is 1.94. The molecular weight excluding hydrogens is 378 g/mol. The zero-order valence-corrected chi connectivity index (χ0v) is 15.9. The molecule has 2 aromatic rings. The molecule has 10 heteroatoms. The van der Waals surface area contributed by atoms with Crippen LogP contribution < -0.4 is 15.5 Å². The first-order chi connectivity index (χ1) is 13.6. The van der Waals surface area contributed by atoms with E-state index < -0.39 is 0 Å². The molecule has 4 rings (SSSR count). The summed E-state index contributed by atoms with van der Waals surface area (Å²) < 4.78 is 2.05. The van der Waals surface area contributed by atoms with Crippen molar-refractivity contribution in [2.45, 2.75) is 11.8 Å². The molecule has 2 aliphatic rings. The fraction of sp³-hybridized carbons (Fsp3) is 0.167. The highest BCUT2D eigenvalue weighted by Gasteiger charge is 2.39. The van der Waals surface area contributed by atoms with E-state index in [2.05, 4.69) is 25.8 Å². The molecule has 28 heavy (non-hydrogen) atoms. The number of hydrogen-bond donors (Lipinski definition) is 4. The number of fused-ring (bicyclic) bond motifs is 1. The molecule has 4 N–H and O–H groups in total. The lowest BCUT2D eigenvalue weighted by atomic mass is 10.3. The van der Waals surface area contributed by atoms with Crippen molar-refractivity contribution in [3.8, 4) is 0 Å². The lowest BCUT2D eigenvalue weighted by Crippen LogP contribution is -2.42. The van der Waals surface area contributed by atoms with Gasteiger partial charge in [0.05, 0.1) is 12.8 Å². The van der Waals surface area contributed by atoms with Crippen LogP contribution in [0.2, 0.25) is 0 Å². The normalized spacial score (nSPS) is 16.2. The summed E-state index contributed by atoms with van der Waals surface area (Å²) in [6.07, 6.45) is 5.52. The molecule has 0 saturated heterocycles. The number of hydrogen-bond acceptors (Lipinski definition) is 8. The monoisotopic (exact) mass is 397 g/mol. The quantitative estimate of drug-likeness (QED) is 0.438. The minimum absolute atomic E-state index is 0.0972. The van der Waals surface area contributed by atoms with Crippen LogP contribution in [0.1, 0.15) is 6.92 Å². The summed E-state index contributed by atoms with van der Waals surface area (Å²) in [6, 6.07) is 9.46. The number of aliphatic imine (C=N–C) groups is 1. The van der Waals surface area contributed by atoms with Gasteiger partial charge in [-0.15, -0.1) is 0 Å². The van der Waals surface area contributed by atoms with Crippen LogP contribution in [0.15, 0.2) is 70.3 Å². The van der Waals surface area contributed by atoms with Gasteiger partial charge in [0, 0.05) is 29.8 Å². The first-order valence-electron chi connectivity index (χ1n) is 8.60. The van der Waals surface area contributed by atoms with Gasteiger partial charge in [-0.05, 0) is 41.1 Å². The van der Waals surface area contributed by atoms with Gasteiger partial charge in [-0.2, -0.15) is 10.1 Å². The molecule has 0 atom stereocenters. The van der Waals surface area contributed by atoms with Crippen molar-refractivity contribution in [3.05, 3.63) is 60.4 Å². The second-order valence-electron chi connectivity index (χ2n) is 6.15. The van der Waals surface area contributed by atoms with Crippen LogP contribution in [-0.2, 0) is 4.79 Å². The first-order valence-corrected chi connectivity index (χ1v) is 9.37. The third-order valence-corrected chi connectivity index (χ3v) is 4.92. The van der Waals surface area contributed by atoms with Gasteiger partial charge < -0.3 is 10.4 Å². The Bertz CT molecular complexity index is 951. The number of aliphatic hydroxyl groups is 1. The number of carbonyl (C=O) groups excluding carboxylic acids is 1. The van der Waals surface area contributed by atoms with E-state index in [-0.39, 0.29) is 12.5 Å². The zero-order valence-electron chi connectivity index (χ0n) is 15.1. The standard InChI is InChI=1S/C18H19N7O2S/c1-12(27)20-13-2-4-15(5-3-13)28-24-9-17-21-14(11-26)8-25(17)18(10-24)22-16-6-7-19-23-16/h2-8,10,26H,9,11H2,1H3,(H,20,27)(H2,19,22,23)/q+1. The number of amidine groups is 1. The molecule has 0 fully saturated rings. The Balaban J connectivity index is 1.53. The average Bonchev–Trinajstić information content (AvgIpc) is 3.32. The Kier molecular flexibility index (Phi) is 5.15. The number of nitrogens with zero attached hydrogens (tertiary/aromatic N) is 4. The Labute approximate surface area is 166 Å². The maximum absolute atomic E-state index is 11.2. The van der Waals surface area contributed by atoms with Gasteiger partial charge in [0.1, 0.15) is 12.2 Å². The number of aliphatic hydroxyl groups excluding tert-OH is 1. The van der Waals surface area contributed by atoms with Crippen LogP contribution >= 0.6 is 11.9 Å². The number of carbonyl (C=O) groups is 1. The smallest absolute Gasteiger partial charge is 0.285 e. The number of aromatic amines is 1. The summed E-state index contributed by atoms with van der Waals surface area (Å²) in [4.78, 5) is 18.6. The van der Waals surface area contributed by atoms with Crippen LogP contribution in [0.25, 0.3) is 0 Å². The number of anilines is 2. The van der Waals surface area contributed by atoms with Gasteiger partial charge in [-0.1, -0.05) is 0 Å². The van der Waals surface area contributed by atoms with Gasteiger partial charge in [-0.25, -0.2) is 0 Å². The fourth-order valence-corrected chi connectivity index (χ4v) is 3.66. The number of amides is 1. The summed E-state index contributed by atoms with van der Waals surface area (Å²) >= 11 is 1.55. The van der Waals surface area contributed by atoms with E-state index in [0.29, 0.717) is 18.1 Å². The molecular formula is C18H19N7O2S+. The molecule has 0 unspecified atom stereocenters. The predicted molar refractivity (Wildman–Crippen MR) is 108 cm³/mol. The van der Waals surface area contributed by atoms with Crippen LogP contribution in [-0.4, -0.2) is 44.5 Å². The third kappa shape index (κ3) is 4.09. The van der Waals surface area contributed by atoms with E-state index in [1.165, 1.54) is 6.92 Å². The number of rotatable bonds is 6. The second kappa shape index (κ2) is 7.89. The van der Waals surface area contributed by atoms with Gasteiger partial charge >= 0.3 is 0 Å². The molecule has 3 heterocycles. The van der Waals surface area contributed by atoms with Gasteiger partial charge in [0.25, 0.3) is 11.7 Å². The highest BCUT2D eigenvalue weighted by molar-refractivity contribution is 7.97. The van der Waals surface area contributed by atoms with Gasteiger partial charge in [-0.3, -0.25) is 19.5 Å². The molecule has 0 bridgehead atoms. The van der Waals surface area contributed by atoms with E-state index >= 15 is 0 Å². The van der Waals surface area contributed by atoms with Crippen molar-refractivity contribution < 1.29 is 9.90 Å². The Hall–Kier alpha value is -3.08. The largest absolute Gasteiger partial charge is 0.390 e. The average molecular weight is 397 g/mol. The van der Waals surface area contributed by atoms with Crippen LogP contribution in [0.5, 0.6) is 0 Å². The third-order valence-electron chi connectivity index (χ3n) is 3.97. The highest BCUT2D eigenvalue weighted by atomic mass is 32.2. The summed E-state index contributed by atoms with van der Waals surface area (Å²) in [5.41, 5.74) is 1.37. The van der Waals surface area contributed by atoms with Crippen molar-refractivity contribution in [1.29, 1.82) is 0 Å². The number of benzene rings is 1. The number of nitrogens with one attached hydrogen (secondary N) is 3. The lowest BCUT2D eigenvalue weighted by molar-refractivity contribution is -0.114. The van der Waals surface area contributed by atoms with Gasteiger partial charge in [0.15, 0.2) is 12.0 Å². The SMILES string of the molecule is CC(=O)Nc1ccc(SN2C=C(Nc3cc[nH]n3)[N+]3C=C(CO)N=C3C2)cc1. The lowest BCUT2D eigenvalue weighted by Gasteiger charge is -2.24. The fourth-order valence-electron chi connectivity index (χ4n) is 2.80. The molecule has 1 amide bonds.